The number of anilines is 1. The summed E-state index contributed by atoms with van der Waals surface area (Å²) in [5, 5.41) is 12.3. The first-order chi connectivity index (χ1) is 10.1. The highest BCUT2D eigenvalue weighted by molar-refractivity contribution is 5.85. The van der Waals surface area contributed by atoms with Gasteiger partial charge in [-0.25, -0.2) is 0 Å². The molecule has 1 fully saturated rings. The Labute approximate surface area is 126 Å². The Bertz CT molecular complexity index is 529. The van der Waals surface area contributed by atoms with Gasteiger partial charge in [0.05, 0.1) is 11.3 Å². The number of likely N-dealkylation sites (N-methyl/N-ethyl adjacent to an activating group) is 1. The second-order valence-electron chi connectivity index (χ2n) is 5.76. The average Bonchev–Trinajstić information content (AvgIpc) is 2.54. The maximum Gasteiger partial charge on any atom is 0.242 e. The number of nitrogens with one attached hydrogen (secondary N) is 1. The van der Waals surface area contributed by atoms with Gasteiger partial charge in [0.25, 0.3) is 0 Å². The number of para-hydroxylation sites is 1. The fourth-order valence-corrected chi connectivity index (χ4v) is 2.83. The van der Waals surface area contributed by atoms with Gasteiger partial charge < -0.3 is 10.2 Å². The minimum absolute atomic E-state index is 0.0390. The highest BCUT2D eigenvalue weighted by Gasteiger charge is 2.23. The molecule has 1 amide bonds. The van der Waals surface area contributed by atoms with Gasteiger partial charge in [0.2, 0.25) is 5.91 Å². The van der Waals surface area contributed by atoms with Crippen LogP contribution in [-0.4, -0.2) is 25.0 Å². The summed E-state index contributed by atoms with van der Waals surface area (Å²) >= 11 is 0. The average molecular weight is 285 g/mol. The minimum atomic E-state index is -0.290. The van der Waals surface area contributed by atoms with Crippen molar-refractivity contribution in [2.75, 3.05) is 11.9 Å². The Morgan fingerprint density at radius 3 is 2.67 bits per heavy atom. The van der Waals surface area contributed by atoms with Crippen LogP contribution < -0.4 is 10.2 Å². The fourth-order valence-electron chi connectivity index (χ4n) is 2.83. The van der Waals surface area contributed by atoms with Crippen LogP contribution >= 0.6 is 0 Å². The highest BCUT2D eigenvalue weighted by Crippen LogP contribution is 2.21. The summed E-state index contributed by atoms with van der Waals surface area (Å²) in [5.74, 6) is 0.0390. The number of amides is 1. The number of rotatable bonds is 4. The minimum Gasteiger partial charge on any atom is -0.362 e. The van der Waals surface area contributed by atoms with Crippen LogP contribution in [0.2, 0.25) is 0 Å². The Morgan fingerprint density at radius 2 is 2.00 bits per heavy atom. The lowest BCUT2D eigenvalue weighted by Gasteiger charge is -2.30. The molecular weight excluding hydrogens is 262 g/mol. The predicted molar refractivity (Wildman–Crippen MR) is 84.0 cm³/mol. The van der Waals surface area contributed by atoms with Gasteiger partial charge >= 0.3 is 0 Å². The first-order valence-corrected chi connectivity index (χ1v) is 7.66. The van der Waals surface area contributed by atoms with Gasteiger partial charge in [-0.05, 0) is 31.9 Å². The molecule has 1 aliphatic rings. The predicted octanol–water partition coefficient (Wildman–Crippen LogP) is 2.83. The number of benzene rings is 1. The first-order valence-electron chi connectivity index (χ1n) is 7.66. The largest absolute Gasteiger partial charge is 0.362 e. The van der Waals surface area contributed by atoms with Crippen LogP contribution in [0.15, 0.2) is 24.3 Å². The second kappa shape index (κ2) is 7.12. The number of nitrogens with zero attached hydrogens (tertiary/aromatic N) is 2. The fraction of sp³-hybridized carbons (Fsp3) is 0.529. The molecule has 0 heterocycles. The molecule has 1 aromatic carbocycles. The molecule has 0 aliphatic heterocycles. The van der Waals surface area contributed by atoms with Gasteiger partial charge in [0.1, 0.15) is 12.1 Å². The topological polar surface area (TPSA) is 56.1 Å². The number of hydrogen-bond donors (Lipinski definition) is 1. The lowest BCUT2D eigenvalue weighted by molar-refractivity contribution is -0.122. The van der Waals surface area contributed by atoms with Gasteiger partial charge in [-0.1, -0.05) is 31.4 Å². The molecular formula is C17H23N3O. The zero-order valence-corrected chi connectivity index (χ0v) is 12.8. The van der Waals surface area contributed by atoms with Crippen molar-refractivity contribution in [3.63, 3.8) is 0 Å². The summed E-state index contributed by atoms with van der Waals surface area (Å²) in [6.45, 7) is 1.88. The summed E-state index contributed by atoms with van der Waals surface area (Å²) in [4.78, 5) is 14.3. The Kier molecular flexibility index (Phi) is 5.21. The Morgan fingerprint density at radius 1 is 1.33 bits per heavy atom. The molecule has 2 rings (SSSR count). The van der Waals surface area contributed by atoms with Crippen LogP contribution in [-0.2, 0) is 4.79 Å². The highest BCUT2D eigenvalue weighted by atomic mass is 16.2. The van der Waals surface area contributed by atoms with E-state index in [0.29, 0.717) is 11.6 Å². The van der Waals surface area contributed by atoms with E-state index < -0.39 is 0 Å². The van der Waals surface area contributed by atoms with Crippen LogP contribution in [0.1, 0.15) is 44.6 Å². The van der Waals surface area contributed by atoms with Crippen molar-refractivity contribution in [2.45, 2.75) is 51.1 Å². The van der Waals surface area contributed by atoms with Gasteiger partial charge in [0, 0.05) is 13.1 Å². The Hall–Kier alpha value is -2.02. The van der Waals surface area contributed by atoms with Crippen molar-refractivity contribution in [1.82, 2.24) is 5.32 Å². The number of carbonyl (C=O) groups excluding carboxylic acids is 1. The summed E-state index contributed by atoms with van der Waals surface area (Å²) in [6.07, 6.45) is 5.84. The molecule has 0 spiro atoms. The van der Waals surface area contributed by atoms with E-state index in [9.17, 15) is 10.1 Å². The SMILES string of the molecule is CC(C(=O)NC1CCCCC1)N(C)c1ccccc1C#N. The van der Waals surface area contributed by atoms with E-state index >= 15 is 0 Å². The maximum absolute atomic E-state index is 12.4. The molecule has 1 saturated carbocycles. The second-order valence-corrected chi connectivity index (χ2v) is 5.76. The summed E-state index contributed by atoms with van der Waals surface area (Å²) in [7, 11) is 1.86. The maximum atomic E-state index is 12.4. The van der Waals surface area contributed by atoms with E-state index in [1.165, 1.54) is 19.3 Å². The van der Waals surface area contributed by atoms with Crippen LogP contribution in [0.3, 0.4) is 0 Å². The monoisotopic (exact) mass is 285 g/mol. The molecule has 21 heavy (non-hydrogen) atoms. The van der Waals surface area contributed by atoms with Crippen LogP contribution in [0.5, 0.6) is 0 Å². The number of hydrogen-bond acceptors (Lipinski definition) is 3. The van der Waals surface area contributed by atoms with Crippen molar-refractivity contribution >= 4 is 11.6 Å². The van der Waals surface area contributed by atoms with E-state index in [4.69, 9.17) is 0 Å². The van der Waals surface area contributed by atoms with Gasteiger partial charge in [-0.2, -0.15) is 5.26 Å². The van der Waals surface area contributed by atoms with Gasteiger partial charge in [-0.3, -0.25) is 4.79 Å². The van der Waals surface area contributed by atoms with E-state index in [0.717, 1.165) is 18.5 Å². The summed E-state index contributed by atoms with van der Waals surface area (Å²) in [5.41, 5.74) is 1.39. The molecule has 1 N–H and O–H groups in total. The molecule has 4 heteroatoms. The number of carbonyl (C=O) groups is 1. The van der Waals surface area contributed by atoms with Crippen molar-refractivity contribution in [3.05, 3.63) is 29.8 Å². The molecule has 0 saturated heterocycles. The van der Waals surface area contributed by atoms with E-state index in [1.54, 1.807) is 6.07 Å². The van der Waals surface area contributed by atoms with Crippen molar-refractivity contribution in [3.8, 4) is 6.07 Å². The standard InChI is InChI=1S/C17H23N3O/c1-13(17(21)19-15-9-4-3-5-10-15)20(2)16-11-7-6-8-14(16)12-18/h6-8,11,13,15H,3-5,9-10H2,1-2H3,(H,19,21). The molecule has 0 bridgehead atoms. The van der Waals surface area contributed by atoms with Gasteiger partial charge in [-0.15, -0.1) is 0 Å². The summed E-state index contributed by atoms with van der Waals surface area (Å²) in [6, 6.07) is 9.58. The molecule has 0 aromatic heterocycles. The van der Waals surface area contributed by atoms with Crippen molar-refractivity contribution in [2.24, 2.45) is 0 Å². The zero-order valence-electron chi connectivity index (χ0n) is 12.8. The van der Waals surface area contributed by atoms with Crippen LogP contribution in [0, 0.1) is 11.3 Å². The third kappa shape index (κ3) is 3.75. The van der Waals surface area contributed by atoms with Crippen LogP contribution in [0.25, 0.3) is 0 Å². The quantitative estimate of drug-likeness (QED) is 0.925. The first kappa shape index (κ1) is 15.4. The van der Waals surface area contributed by atoms with E-state index in [2.05, 4.69) is 11.4 Å². The van der Waals surface area contributed by atoms with E-state index in [-0.39, 0.29) is 11.9 Å². The van der Waals surface area contributed by atoms with E-state index in [1.807, 2.05) is 37.1 Å². The lowest BCUT2D eigenvalue weighted by Crippen LogP contribution is -2.47. The van der Waals surface area contributed by atoms with Crippen molar-refractivity contribution in [1.29, 1.82) is 5.26 Å². The third-order valence-corrected chi connectivity index (χ3v) is 4.32. The third-order valence-electron chi connectivity index (χ3n) is 4.32. The van der Waals surface area contributed by atoms with Crippen molar-refractivity contribution < 1.29 is 4.79 Å². The molecule has 1 atom stereocenters. The summed E-state index contributed by atoms with van der Waals surface area (Å²) < 4.78 is 0. The lowest BCUT2D eigenvalue weighted by atomic mass is 9.95. The molecule has 4 nitrogen and oxygen atoms in total. The van der Waals surface area contributed by atoms with Gasteiger partial charge in [0.15, 0.2) is 0 Å². The zero-order chi connectivity index (χ0) is 15.2. The smallest absolute Gasteiger partial charge is 0.242 e. The normalized spacial score (nSPS) is 16.8. The molecule has 1 aromatic rings. The molecule has 1 aliphatic carbocycles. The molecule has 0 radical (unpaired) electrons. The molecule has 112 valence electrons. The molecule has 1 unspecified atom stereocenters. The Balaban J connectivity index is 2.02. The van der Waals surface area contributed by atoms with Crippen LogP contribution in [0.4, 0.5) is 5.69 Å². The number of nitriles is 1.